The normalized spacial score (nSPS) is 13.6. The van der Waals surface area contributed by atoms with Crippen molar-refractivity contribution in [2.75, 3.05) is 19.9 Å². The lowest BCUT2D eigenvalue weighted by atomic mass is 10.1. The first-order valence-electron chi connectivity index (χ1n) is 7.05. The van der Waals surface area contributed by atoms with Crippen molar-refractivity contribution in [3.8, 4) is 5.75 Å². The Morgan fingerprint density at radius 1 is 1.23 bits per heavy atom. The summed E-state index contributed by atoms with van der Waals surface area (Å²) in [6.07, 6.45) is 1.08. The van der Waals surface area contributed by atoms with Crippen LogP contribution in [0, 0.1) is 0 Å². The number of aliphatic hydroxyl groups excluding tert-OH is 1. The van der Waals surface area contributed by atoms with Crippen molar-refractivity contribution in [3.63, 3.8) is 0 Å². The predicted molar refractivity (Wildman–Crippen MR) is 88.4 cm³/mol. The van der Waals surface area contributed by atoms with Gasteiger partial charge in [-0.1, -0.05) is 24.3 Å². The molecule has 0 spiro atoms. The zero-order valence-electron chi connectivity index (χ0n) is 12.8. The zero-order chi connectivity index (χ0) is 15.9. The summed E-state index contributed by atoms with van der Waals surface area (Å²) in [5, 5.41) is 13.4. The monoisotopic (exact) mass is 319 g/mol. The fourth-order valence-electron chi connectivity index (χ4n) is 2.12. The zero-order valence-corrected chi connectivity index (χ0v) is 13.6. The molecule has 0 aromatic heterocycles. The molecule has 2 aromatic rings. The molecule has 0 radical (unpaired) electrons. The second-order valence-electron chi connectivity index (χ2n) is 5.02. The number of methoxy groups -OCH3 is 1. The predicted octanol–water partition coefficient (Wildman–Crippen LogP) is 2.26. The molecule has 2 atom stereocenters. The molecule has 0 bridgehead atoms. The van der Waals surface area contributed by atoms with Crippen LogP contribution in [0.3, 0.4) is 0 Å². The number of nitrogens with one attached hydrogen (secondary N) is 1. The molecule has 0 aliphatic heterocycles. The molecule has 5 heteroatoms. The Balaban J connectivity index is 1.86. The van der Waals surface area contributed by atoms with Gasteiger partial charge in [0.25, 0.3) is 0 Å². The van der Waals surface area contributed by atoms with Crippen LogP contribution in [0.2, 0.25) is 0 Å². The minimum absolute atomic E-state index is 0.453. The molecule has 0 amide bonds. The molecule has 2 aromatic carbocycles. The molecular formula is C17H21NO3S. The number of rotatable bonds is 7. The standard InChI is InChI=1S/C17H21NO3S/c1-21-15-5-3-4-14(10-15)17(19)12-18-11-13-6-8-16(9-7-13)22(2)20/h3-10,17-19H,11-12H2,1-2H3. The summed E-state index contributed by atoms with van der Waals surface area (Å²) in [6.45, 7) is 1.10. The Hall–Kier alpha value is -1.69. The smallest absolute Gasteiger partial charge is 0.119 e. The highest BCUT2D eigenvalue weighted by molar-refractivity contribution is 7.84. The van der Waals surface area contributed by atoms with E-state index in [4.69, 9.17) is 4.74 Å². The summed E-state index contributed by atoms with van der Waals surface area (Å²) < 4.78 is 16.5. The molecule has 0 heterocycles. The van der Waals surface area contributed by atoms with E-state index in [9.17, 15) is 9.32 Å². The van der Waals surface area contributed by atoms with E-state index in [2.05, 4.69) is 5.32 Å². The van der Waals surface area contributed by atoms with Gasteiger partial charge in [0.05, 0.1) is 13.2 Å². The maximum atomic E-state index is 11.3. The van der Waals surface area contributed by atoms with Crippen LogP contribution >= 0.6 is 0 Å². The molecule has 118 valence electrons. The Bertz CT molecular complexity index is 628. The van der Waals surface area contributed by atoms with Crippen molar-refractivity contribution in [2.24, 2.45) is 0 Å². The van der Waals surface area contributed by atoms with Crippen molar-refractivity contribution >= 4 is 10.8 Å². The Kier molecular flexibility index (Phi) is 6.12. The van der Waals surface area contributed by atoms with Crippen molar-refractivity contribution in [2.45, 2.75) is 17.5 Å². The Labute approximate surface area is 133 Å². The average Bonchev–Trinajstić information content (AvgIpc) is 2.55. The molecule has 2 unspecified atom stereocenters. The summed E-state index contributed by atoms with van der Waals surface area (Å²) in [7, 11) is 0.657. The van der Waals surface area contributed by atoms with E-state index in [0.717, 1.165) is 21.8 Å². The highest BCUT2D eigenvalue weighted by Crippen LogP contribution is 2.18. The number of ether oxygens (including phenoxy) is 1. The molecule has 4 nitrogen and oxygen atoms in total. The molecule has 0 saturated heterocycles. The van der Waals surface area contributed by atoms with Crippen molar-refractivity contribution in [3.05, 3.63) is 59.7 Å². The fraction of sp³-hybridized carbons (Fsp3) is 0.294. The molecule has 22 heavy (non-hydrogen) atoms. The molecule has 0 aliphatic carbocycles. The van der Waals surface area contributed by atoms with E-state index >= 15 is 0 Å². The van der Waals surface area contributed by atoms with E-state index in [0.29, 0.717) is 13.1 Å². The molecule has 2 rings (SSSR count). The van der Waals surface area contributed by atoms with E-state index in [1.807, 2.05) is 48.5 Å². The van der Waals surface area contributed by atoms with Crippen molar-refractivity contribution < 1.29 is 14.1 Å². The number of hydrogen-bond donors (Lipinski definition) is 2. The molecule has 0 saturated carbocycles. The van der Waals surface area contributed by atoms with Crippen LogP contribution in [0.15, 0.2) is 53.4 Å². The third kappa shape index (κ3) is 4.66. The van der Waals surface area contributed by atoms with Gasteiger partial charge >= 0.3 is 0 Å². The number of benzene rings is 2. The minimum atomic E-state index is -0.951. The second kappa shape index (κ2) is 8.08. The van der Waals surface area contributed by atoms with Gasteiger partial charge in [0.2, 0.25) is 0 Å². The number of aliphatic hydroxyl groups is 1. The van der Waals surface area contributed by atoms with Gasteiger partial charge in [0, 0.05) is 35.0 Å². The largest absolute Gasteiger partial charge is 0.497 e. The van der Waals surface area contributed by atoms with Crippen LogP contribution in [0.5, 0.6) is 5.75 Å². The molecule has 0 fully saturated rings. The van der Waals surface area contributed by atoms with Gasteiger partial charge in [-0.25, -0.2) is 0 Å². The third-order valence-electron chi connectivity index (χ3n) is 3.40. The van der Waals surface area contributed by atoms with Crippen molar-refractivity contribution in [1.29, 1.82) is 0 Å². The lowest BCUT2D eigenvalue weighted by Crippen LogP contribution is -2.21. The quantitative estimate of drug-likeness (QED) is 0.822. The topological polar surface area (TPSA) is 58.6 Å². The first-order chi connectivity index (χ1) is 10.6. The Morgan fingerprint density at radius 2 is 1.95 bits per heavy atom. The summed E-state index contributed by atoms with van der Waals surface area (Å²) in [5.41, 5.74) is 1.91. The average molecular weight is 319 g/mol. The summed E-state index contributed by atoms with van der Waals surface area (Å²) in [4.78, 5) is 0.820. The Morgan fingerprint density at radius 3 is 2.59 bits per heavy atom. The van der Waals surface area contributed by atoms with Crippen molar-refractivity contribution in [1.82, 2.24) is 5.32 Å². The highest BCUT2D eigenvalue weighted by Gasteiger charge is 2.08. The van der Waals surface area contributed by atoms with Crippen LogP contribution in [0.4, 0.5) is 0 Å². The maximum Gasteiger partial charge on any atom is 0.119 e. The van der Waals surface area contributed by atoms with Crippen LogP contribution in [-0.4, -0.2) is 29.2 Å². The van der Waals surface area contributed by atoms with Gasteiger partial charge < -0.3 is 15.2 Å². The first kappa shape index (κ1) is 16.7. The van der Waals surface area contributed by atoms with Gasteiger partial charge in [0.1, 0.15) is 5.75 Å². The second-order valence-corrected chi connectivity index (χ2v) is 6.40. The summed E-state index contributed by atoms with van der Waals surface area (Å²) >= 11 is 0. The summed E-state index contributed by atoms with van der Waals surface area (Å²) in [5.74, 6) is 0.736. The third-order valence-corrected chi connectivity index (χ3v) is 4.34. The highest BCUT2D eigenvalue weighted by atomic mass is 32.2. The molecular weight excluding hydrogens is 298 g/mol. The first-order valence-corrected chi connectivity index (χ1v) is 8.61. The van der Waals surface area contributed by atoms with E-state index in [-0.39, 0.29) is 0 Å². The minimum Gasteiger partial charge on any atom is -0.497 e. The molecule has 0 aliphatic rings. The maximum absolute atomic E-state index is 11.3. The van der Waals surface area contributed by atoms with Gasteiger partial charge in [-0.05, 0) is 35.4 Å². The van der Waals surface area contributed by atoms with Crippen LogP contribution < -0.4 is 10.1 Å². The van der Waals surface area contributed by atoms with Gasteiger partial charge in [-0.15, -0.1) is 0 Å². The van der Waals surface area contributed by atoms with E-state index in [1.54, 1.807) is 13.4 Å². The van der Waals surface area contributed by atoms with Crippen LogP contribution in [0.1, 0.15) is 17.2 Å². The van der Waals surface area contributed by atoms with Crippen LogP contribution in [-0.2, 0) is 17.3 Å². The van der Waals surface area contributed by atoms with Gasteiger partial charge in [-0.3, -0.25) is 4.21 Å². The lowest BCUT2D eigenvalue weighted by molar-refractivity contribution is 0.174. The van der Waals surface area contributed by atoms with Crippen LogP contribution in [0.25, 0.3) is 0 Å². The van der Waals surface area contributed by atoms with E-state index < -0.39 is 16.9 Å². The van der Waals surface area contributed by atoms with Gasteiger partial charge in [0.15, 0.2) is 0 Å². The SMILES string of the molecule is COc1cccc(C(O)CNCc2ccc(S(C)=O)cc2)c1. The van der Waals surface area contributed by atoms with Gasteiger partial charge in [-0.2, -0.15) is 0 Å². The number of hydrogen-bond acceptors (Lipinski definition) is 4. The van der Waals surface area contributed by atoms with E-state index in [1.165, 1.54) is 0 Å². The fourth-order valence-corrected chi connectivity index (χ4v) is 2.64. The summed E-state index contributed by atoms with van der Waals surface area (Å²) in [6, 6.07) is 15.0. The lowest BCUT2D eigenvalue weighted by Gasteiger charge is -2.13. The molecule has 2 N–H and O–H groups in total.